The van der Waals surface area contributed by atoms with Gasteiger partial charge in [0.2, 0.25) is 0 Å². The van der Waals surface area contributed by atoms with Gasteiger partial charge in [-0.05, 0) is 47.7 Å². The molecule has 0 bridgehead atoms. The normalized spacial score (nSPS) is 11.9. The molecule has 0 radical (unpaired) electrons. The van der Waals surface area contributed by atoms with Crippen LogP contribution in [-0.4, -0.2) is 18.2 Å². The molecule has 2 rings (SSSR count). The number of hydrogen-bond donors (Lipinski definition) is 2. The second-order valence-electron chi connectivity index (χ2n) is 6.92. The van der Waals surface area contributed by atoms with Gasteiger partial charge in [-0.15, -0.1) is 0 Å². The number of nitrogens with one attached hydrogen (secondary N) is 1. The highest BCUT2D eigenvalue weighted by molar-refractivity contribution is 5.99. The maximum atomic E-state index is 11.9. The Morgan fingerprint density at radius 1 is 1.08 bits per heavy atom. The summed E-state index contributed by atoms with van der Waals surface area (Å²) >= 11 is 0. The van der Waals surface area contributed by atoms with Gasteiger partial charge in [0, 0.05) is 5.69 Å². The summed E-state index contributed by atoms with van der Waals surface area (Å²) in [4.78, 5) is 11.9. The van der Waals surface area contributed by atoms with Gasteiger partial charge >= 0.3 is 0 Å². The smallest absolute Gasteiger partial charge is 0.277 e. The molecule has 0 heterocycles. The number of rotatable bonds is 5. The number of hydrazone groups is 1. The highest BCUT2D eigenvalue weighted by Gasteiger charge is 2.13. The first-order valence-corrected chi connectivity index (χ1v) is 8.18. The van der Waals surface area contributed by atoms with Gasteiger partial charge in [-0.3, -0.25) is 4.79 Å². The van der Waals surface area contributed by atoms with Crippen LogP contribution in [-0.2, 0) is 10.2 Å². The molecule has 2 aromatic rings. The van der Waals surface area contributed by atoms with E-state index in [2.05, 4.69) is 31.3 Å². The van der Waals surface area contributed by atoms with Crippen molar-refractivity contribution in [2.75, 3.05) is 12.3 Å². The lowest BCUT2D eigenvalue weighted by atomic mass is 9.87. The van der Waals surface area contributed by atoms with Gasteiger partial charge < -0.3 is 10.5 Å². The van der Waals surface area contributed by atoms with Gasteiger partial charge in [-0.1, -0.05) is 45.0 Å². The van der Waals surface area contributed by atoms with Gasteiger partial charge in [0.15, 0.2) is 6.61 Å². The zero-order valence-electron chi connectivity index (χ0n) is 15.2. The molecule has 0 unspecified atom stereocenters. The predicted octanol–water partition coefficient (Wildman–Crippen LogP) is 3.49. The number of nitrogens with two attached hydrogens (primary N) is 1. The SMILES string of the molecule is C/C(=N\NC(=O)COc1ccc(C(C)(C)C)cc1)c1ccc(N)cc1. The van der Waals surface area contributed by atoms with Gasteiger partial charge in [0.05, 0.1) is 5.71 Å². The minimum atomic E-state index is -0.310. The molecule has 0 spiro atoms. The van der Waals surface area contributed by atoms with E-state index >= 15 is 0 Å². The summed E-state index contributed by atoms with van der Waals surface area (Å²) in [5, 5.41) is 4.08. The fourth-order valence-electron chi connectivity index (χ4n) is 2.17. The Kier molecular flexibility index (Phi) is 5.80. The molecule has 5 nitrogen and oxygen atoms in total. The zero-order valence-corrected chi connectivity index (χ0v) is 15.2. The number of hydrogen-bond acceptors (Lipinski definition) is 4. The van der Waals surface area contributed by atoms with Crippen molar-refractivity contribution in [2.24, 2.45) is 5.10 Å². The van der Waals surface area contributed by atoms with Crippen LogP contribution in [0.5, 0.6) is 5.75 Å². The van der Waals surface area contributed by atoms with E-state index in [9.17, 15) is 4.79 Å². The second kappa shape index (κ2) is 7.83. The fraction of sp³-hybridized carbons (Fsp3) is 0.300. The molecule has 0 atom stereocenters. The molecule has 0 aromatic heterocycles. The first kappa shape index (κ1) is 18.5. The summed E-state index contributed by atoms with van der Waals surface area (Å²) in [5.41, 5.74) is 11.7. The van der Waals surface area contributed by atoms with Crippen LogP contribution in [0.25, 0.3) is 0 Å². The minimum absolute atomic E-state index is 0.0875. The van der Waals surface area contributed by atoms with Crippen LogP contribution < -0.4 is 15.9 Å². The first-order valence-electron chi connectivity index (χ1n) is 8.18. The molecule has 1 amide bonds. The lowest BCUT2D eigenvalue weighted by Gasteiger charge is -2.19. The van der Waals surface area contributed by atoms with Crippen molar-refractivity contribution in [3.8, 4) is 5.75 Å². The number of anilines is 1. The average Bonchev–Trinajstić information content (AvgIpc) is 2.58. The van der Waals surface area contributed by atoms with E-state index < -0.39 is 0 Å². The van der Waals surface area contributed by atoms with Gasteiger partial charge in [-0.25, -0.2) is 5.43 Å². The number of carbonyl (C=O) groups is 1. The fourth-order valence-corrected chi connectivity index (χ4v) is 2.17. The van der Waals surface area contributed by atoms with E-state index in [-0.39, 0.29) is 17.9 Å². The number of carbonyl (C=O) groups excluding carboxylic acids is 1. The van der Waals surface area contributed by atoms with Crippen LogP contribution in [0.4, 0.5) is 5.69 Å². The molecule has 0 saturated heterocycles. The Hall–Kier alpha value is -2.82. The maximum Gasteiger partial charge on any atom is 0.277 e. The molecule has 0 aliphatic carbocycles. The number of benzene rings is 2. The molecule has 25 heavy (non-hydrogen) atoms. The van der Waals surface area contributed by atoms with Crippen molar-refractivity contribution in [1.29, 1.82) is 0 Å². The third-order valence-corrected chi connectivity index (χ3v) is 3.77. The first-order chi connectivity index (χ1) is 11.8. The summed E-state index contributed by atoms with van der Waals surface area (Å²) in [7, 11) is 0. The standard InChI is InChI=1S/C20H25N3O2/c1-14(15-5-9-17(21)10-6-15)22-23-19(24)13-25-18-11-7-16(8-12-18)20(2,3)4/h5-12H,13,21H2,1-4H3,(H,23,24)/b22-14+. The van der Waals surface area contributed by atoms with Crippen molar-refractivity contribution < 1.29 is 9.53 Å². The van der Waals surface area contributed by atoms with Crippen LogP contribution in [0.15, 0.2) is 53.6 Å². The molecule has 0 aliphatic rings. The lowest BCUT2D eigenvalue weighted by molar-refractivity contribution is -0.123. The van der Waals surface area contributed by atoms with Crippen LogP contribution in [0, 0.1) is 0 Å². The van der Waals surface area contributed by atoms with Crippen molar-refractivity contribution in [3.63, 3.8) is 0 Å². The van der Waals surface area contributed by atoms with Crippen LogP contribution in [0.2, 0.25) is 0 Å². The molecule has 0 saturated carbocycles. The van der Waals surface area contributed by atoms with Gasteiger partial charge in [0.1, 0.15) is 5.75 Å². The predicted molar refractivity (Wildman–Crippen MR) is 102 cm³/mol. The van der Waals surface area contributed by atoms with Crippen molar-refractivity contribution in [2.45, 2.75) is 33.1 Å². The largest absolute Gasteiger partial charge is 0.484 e. The van der Waals surface area contributed by atoms with E-state index in [1.165, 1.54) is 5.56 Å². The summed E-state index contributed by atoms with van der Waals surface area (Å²) in [6.07, 6.45) is 0. The van der Waals surface area contributed by atoms with E-state index in [4.69, 9.17) is 10.5 Å². The Morgan fingerprint density at radius 2 is 1.68 bits per heavy atom. The minimum Gasteiger partial charge on any atom is -0.484 e. The molecule has 3 N–H and O–H groups in total. The Balaban J connectivity index is 1.86. The molecular formula is C20H25N3O2. The third-order valence-electron chi connectivity index (χ3n) is 3.77. The summed E-state index contributed by atoms with van der Waals surface area (Å²) in [6, 6.07) is 15.1. The van der Waals surface area contributed by atoms with Crippen molar-refractivity contribution in [1.82, 2.24) is 5.43 Å². The molecule has 2 aromatic carbocycles. The van der Waals surface area contributed by atoms with E-state index in [1.54, 1.807) is 12.1 Å². The van der Waals surface area contributed by atoms with Crippen LogP contribution in [0.3, 0.4) is 0 Å². The highest BCUT2D eigenvalue weighted by atomic mass is 16.5. The van der Waals surface area contributed by atoms with Crippen molar-refractivity contribution >= 4 is 17.3 Å². The monoisotopic (exact) mass is 339 g/mol. The summed E-state index contributed by atoms with van der Waals surface area (Å²) in [6.45, 7) is 8.18. The molecular weight excluding hydrogens is 314 g/mol. The summed E-state index contributed by atoms with van der Waals surface area (Å²) in [5.74, 6) is 0.345. The highest BCUT2D eigenvalue weighted by Crippen LogP contribution is 2.24. The van der Waals surface area contributed by atoms with E-state index in [0.29, 0.717) is 17.1 Å². The second-order valence-corrected chi connectivity index (χ2v) is 6.92. The van der Waals surface area contributed by atoms with Crippen LogP contribution >= 0.6 is 0 Å². The number of nitrogen functional groups attached to an aromatic ring is 1. The third kappa shape index (κ3) is 5.64. The number of ether oxygens (including phenoxy) is 1. The topological polar surface area (TPSA) is 76.7 Å². The molecule has 132 valence electrons. The number of nitrogens with zero attached hydrogens (tertiary/aromatic N) is 1. The Labute approximate surface area is 148 Å². The van der Waals surface area contributed by atoms with Gasteiger partial charge in [-0.2, -0.15) is 5.10 Å². The number of amides is 1. The van der Waals surface area contributed by atoms with Gasteiger partial charge in [0.25, 0.3) is 5.91 Å². The Morgan fingerprint density at radius 3 is 2.24 bits per heavy atom. The zero-order chi connectivity index (χ0) is 18.4. The van der Waals surface area contributed by atoms with Crippen LogP contribution in [0.1, 0.15) is 38.8 Å². The maximum absolute atomic E-state index is 11.9. The Bertz CT molecular complexity index is 742. The lowest BCUT2D eigenvalue weighted by Crippen LogP contribution is -2.25. The summed E-state index contributed by atoms with van der Waals surface area (Å²) < 4.78 is 5.49. The van der Waals surface area contributed by atoms with E-state index in [0.717, 1.165) is 5.56 Å². The molecule has 0 aliphatic heterocycles. The average molecular weight is 339 g/mol. The van der Waals surface area contributed by atoms with Crippen molar-refractivity contribution in [3.05, 3.63) is 59.7 Å². The molecule has 5 heteroatoms. The molecule has 0 fully saturated rings. The van der Waals surface area contributed by atoms with E-state index in [1.807, 2.05) is 43.3 Å². The quantitative estimate of drug-likeness (QED) is 0.497.